The molecule has 1 N–H and O–H groups in total. The van der Waals surface area contributed by atoms with Crippen molar-refractivity contribution in [1.29, 1.82) is 0 Å². The fraction of sp³-hybridized carbons (Fsp3) is 0.533. The van der Waals surface area contributed by atoms with E-state index in [1.807, 2.05) is 36.6 Å². The quantitative estimate of drug-likeness (QED) is 0.797. The van der Waals surface area contributed by atoms with Crippen molar-refractivity contribution in [2.24, 2.45) is 0 Å². The number of pyridine rings is 1. The summed E-state index contributed by atoms with van der Waals surface area (Å²) in [5.41, 5.74) is 0.181. The van der Waals surface area contributed by atoms with E-state index < -0.39 is 5.60 Å². The Morgan fingerprint density at radius 3 is 2.52 bits per heavy atom. The van der Waals surface area contributed by atoms with Gasteiger partial charge in [0.1, 0.15) is 5.69 Å². The lowest BCUT2D eigenvalue weighted by Gasteiger charge is -2.24. The van der Waals surface area contributed by atoms with Gasteiger partial charge in [-0.05, 0) is 31.9 Å². The minimum atomic E-state index is -0.639. The number of rotatable bonds is 7. The molecule has 2 rings (SSSR count). The van der Waals surface area contributed by atoms with Crippen molar-refractivity contribution in [1.82, 2.24) is 19.7 Å². The van der Waals surface area contributed by atoms with Crippen LogP contribution < -0.4 is 0 Å². The van der Waals surface area contributed by atoms with E-state index in [2.05, 4.69) is 22.1 Å². The van der Waals surface area contributed by atoms with Crippen LogP contribution in [0.2, 0.25) is 0 Å². The molecule has 0 bridgehead atoms. The summed E-state index contributed by atoms with van der Waals surface area (Å²) in [5, 5.41) is 19.7. The Hall–Kier alpha value is -1.40. The zero-order valence-electron chi connectivity index (χ0n) is 12.8. The molecular weight excluding hydrogens is 284 g/mol. The molecule has 0 fully saturated rings. The fourth-order valence-corrected chi connectivity index (χ4v) is 3.29. The van der Waals surface area contributed by atoms with E-state index in [1.54, 1.807) is 18.0 Å². The molecule has 5 nitrogen and oxygen atoms in total. The number of hydrogen-bond acceptors (Lipinski definition) is 5. The molecule has 0 saturated heterocycles. The molecule has 114 valence electrons. The molecule has 0 spiro atoms. The molecular formula is C15H22N4OS. The van der Waals surface area contributed by atoms with Crippen LogP contribution in [0.5, 0.6) is 0 Å². The van der Waals surface area contributed by atoms with Crippen LogP contribution in [0.3, 0.4) is 0 Å². The highest BCUT2D eigenvalue weighted by molar-refractivity contribution is 7.99. The van der Waals surface area contributed by atoms with Gasteiger partial charge in [0.25, 0.3) is 0 Å². The molecule has 0 aromatic carbocycles. The molecule has 2 heterocycles. The highest BCUT2D eigenvalue weighted by Crippen LogP contribution is 2.28. The number of hydrogen-bond donors (Lipinski definition) is 1. The zero-order valence-corrected chi connectivity index (χ0v) is 13.6. The van der Waals surface area contributed by atoms with E-state index in [0.29, 0.717) is 5.75 Å². The van der Waals surface area contributed by atoms with Crippen molar-refractivity contribution in [3.8, 4) is 11.5 Å². The summed E-state index contributed by atoms with van der Waals surface area (Å²) in [6.45, 7) is 6.85. The lowest BCUT2D eigenvalue weighted by Crippen LogP contribution is -2.29. The van der Waals surface area contributed by atoms with Gasteiger partial charge in [-0.25, -0.2) is 0 Å². The van der Waals surface area contributed by atoms with Crippen molar-refractivity contribution in [2.75, 3.05) is 5.75 Å². The Balaban J connectivity index is 2.21. The number of aliphatic hydroxyl groups is 1. The van der Waals surface area contributed by atoms with Gasteiger partial charge in [0, 0.05) is 18.5 Å². The van der Waals surface area contributed by atoms with Crippen LogP contribution in [0.1, 0.15) is 33.6 Å². The van der Waals surface area contributed by atoms with E-state index in [4.69, 9.17) is 0 Å². The van der Waals surface area contributed by atoms with Crippen LogP contribution in [0.4, 0.5) is 0 Å². The molecule has 2 aromatic rings. The molecule has 0 aliphatic heterocycles. The van der Waals surface area contributed by atoms with Crippen molar-refractivity contribution in [2.45, 2.75) is 50.9 Å². The highest BCUT2D eigenvalue weighted by Gasteiger charge is 2.24. The molecule has 2 aromatic heterocycles. The number of aromatic nitrogens is 4. The summed E-state index contributed by atoms with van der Waals surface area (Å²) in [7, 11) is 0. The summed E-state index contributed by atoms with van der Waals surface area (Å²) in [5.74, 6) is 1.40. The monoisotopic (exact) mass is 306 g/mol. The summed E-state index contributed by atoms with van der Waals surface area (Å²) in [6, 6.07) is 5.75. The van der Waals surface area contributed by atoms with E-state index >= 15 is 0 Å². The van der Waals surface area contributed by atoms with Gasteiger partial charge in [-0.3, -0.25) is 4.98 Å². The van der Waals surface area contributed by atoms with Crippen molar-refractivity contribution < 1.29 is 5.11 Å². The topological polar surface area (TPSA) is 63.8 Å². The first-order valence-corrected chi connectivity index (χ1v) is 8.32. The van der Waals surface area contributed by atoms with E-state index in [1.165, 1.54) is 0 Å². The van der Waals surface area contributed by atoms with Crippen molar-refractivity contribution in [3.05, 3.63) is 24.4 Å². The second kappa shape index (κ2) is 7.04. The van der Waals surface area contributed by atoms with Crippen LogP contribution in [-0.2, 0) is 6.54 Å². The van der Waals surface area contributed by atoms with Gasteiger partial charge in [0.2, 0.25) is 0 Å². The van der Waals surface area contributed by atoms with Crippen molar-refractivity contribution >= 4 is 11.8 Å². The zero-order chi connectivity index (χ0) is 15.3. The maximum atomic E-state index is 10.4. The van der Waals surface area contributed by atoms with Gasteiger partial charge in [-0.1, -0.05) is 31.7 Å². The third-order valence-electron chi connectivity index (χ3n) is 3.71. The summed E-state index contributed by atoms with van der Waals surface area (Å²) >= 11 is 1.55. The normalized spacial score (nSPS) is 11.8. The molecule has 0 aliphatic rings. The first-order valence-electron chi connectivity index (χ1n) is 7.33. The predicted octanol–water partition coefficient (Wildman–Crippen LogP) is 3.00. The maximum Gasteiger partial charge on any atom is 0.191 e. The lowest BCUT2D eigenvalue weighted by molar-refractivity contribution is 0.0571. The molecule has 0 aliphatic carbocycles. The van der Waals surface area contributed by atoms with Gasteiger partial charge < -0.3 is 9.67 Å². The Kier molecular flexibility index (Phi) is 5.36. The summed E-state index contributed by atoms with van der Waals surface area (Å²) < 4.78 is 2.04. The molecule has 0 unspecified atom stereocenters. The van der Waals surface area contributed by atoms with Gasteiger partial charge in [0.15, 0.2) is 11.0 Å². The summed E-state index contributed by atoms with van der Waals surface area (Å²) in [4.78, 5) is 4.33. The lowest BCUT2D eigenvalue weighted by atomic mass is 10.0. The van der Waals surface area contributed by atoms with Crippen LogP contribution in [0.25, 0.3) is 11.5 Å². The first-order chi connectivity index (χ1) is 10.1. The Morgan fingerprint density at radius 2 is 1.95 bits per heavy atom. The smallest absolute Gasteiger partial charge is 0.191 e. The largest absolute Gasteiger partial charge is 0.389 e. The minimum absolute atomic E-state index is 0.625. The minimum Gasteiger partial charge on any atom is -0.389 e. The predicted molar refractivity (Wildman–Crippen MR) is 85.2 cm³/mol. The molecule has 21 heavy (non-hydrogen) atoms. The van der Waals surface area contributed by atoms with Crippen LogP contribution in [0.15, 0.2) is 29.6 Å². The fourth-order valence-electron chi connectivity index (χ4n) is 2.02. The van der Waals surface area contributed by atoms with Gasteiger partial charge in [-0.2, -0.15) is 0 Å². The third kappa shape index (κ3) is 3.63. The molecule has 0 radical (unpaired) electrons. The Morgan fingerprint density at radius 1 is 1.19 bits per heavy atom. The van der Waals surface area contributed by atoms with Gasteiger partial charge in [-0.15, -0.1) is 10.2 Å². The van der Waals surface area contributed by atoms with Gasteiger partial charge in [0.05, 0.1) is 5.60 Å². The maximum absolute atomic E-state index is 10.4. The summed E-state index contributed by atoms with van der Waals surface area (Å²) in [6.07, 6.45) is 3.23. The highest BCUT2D eigenvalue weighted by atomic mass is 32.2. The first kappa shape index (κ1) is 16.0. The van der Waals surface area contributed by atoms with Gasteiger partial charge >= 0.3 is 0 Å². The Labute approximate surface area is 129 Å². The Bertz CT molecular complexity index is 566. The molecule has 6 heteroatoms. The molecule has 0 saturated carbocycles. The van der Waals surface area contributed by atoms with E-state index in [0.717, 1.165) is 36.1 Å². The van der Waals surface area contributed by atoms with Crippen LogP contribution in [0, 0.1) is 0 Å². The van der Waals surface area contributed by atoms with Crippen molar-refractivity contribution in [3.63, 3.8) is 0 Å². The molecule has 0 atom stereocenters. The SMILES string of the molecule is CCn1c(SCC(O)(CC)CC)nnc1-c1ccccn1. The number of thioether (sulfide) groups is 1. The number of nitrogens with zero attached hydrogens (tertiary/aromatic N) is 4. The second-order valence-corrected chi connectivity index (χ2v) is 5.93. The average molecular weight is 306 g/mol. The average Bonchev–Trinajstić information content (AvgIpc) is 2.96. The van der Waals surface area contributed by atoms with E-state index in [9.17, 15) is 5.11 Å². The van der Waals surface area contributed by atoms with Crippen LogP contribution in [-0.4, -0.2) is 36.2 Å². The second-order valence-electron chi connectivity index (χ2n) is 4.99. The third-order valence-corrected chi connectivity index (χ3v) is 4.96. The van der Waals surface area contributed by atoms with Crippen LogP contribution >= 0.6 is 11.8 Å². The molecule has 0 amide bonds. The van der Waals surface area contributed by atoms with E-state index in [-0.39, 0.29) is 0 Å². The standard InChI is InChI=1S/C15H22N4OS/c1-4-15(20,5-2)11-21-14-18-17-13(19(14)6-3)12-9-7-8-10-16-12/h7-10,20H,4-6,11H2,1-3H3.